The fraction of sp³-hybridized carbons (Fsp3) is 0.421. The van der Waals surface area contributed by atoms with Crippen molar-refractivity contribution in [3.05, 3.63) is 52.2 Å². The summed E-state index contributed by atoms with van der Waals surface area (Å²) >= 11 is 1.70. The van der Waals surface area contributed by atoms with Crippen molar-refractivity contribution in [3.8, 4) is 5.75 Å². The fourth-order valence-corrected chi connectivity index (χ4v) is 3.34. The zero-order chi connectivity index (χ0) is 18.2. The molecule has 2 rings (SSSR count). The summed E-state index contributed by atoms with van der Waals surface area (Å²) in [7, 11) is 8.03. The highest BCUT2D eigenvalue weighted by Gasteiger charge is 2.18. The summed E-state index contributed by atoms with van der Waals surface area (Å²) in [6.45, 7) is 1.90. The average Bonchev–Trinajstić information content (AvgIpc) is 3.09. The van der Waals surface area contributed by atoms with E-state index in [9.17, 15) is 4.79 Å². The summed E-state index contributed by atoms with van der Waals surface area (Å²) in [5, 5.41) is 5.10. The van der Waals surface area contributed by atoms with Gasteiger partial charge in [0.2, 0.25) is 0 Å². The number of rotatable bonds is 9. The lowest BCUT2D eigenvalue weighted by Gasteiger charge is -2.23. The molecule has 0 saturated heterocycles. The average molecular weight is 362 g/mol. The first-order valence-electron chi connectivity index (χ1n) is 8.33. The minimum atomic E-state index is -0.108. The van der Waals surface area contributed by atoms with Crippen molar-refractivity contribution in [1.82, 2.24) is 15.1 Å². The Morgan fingerprint density at radius 2 is 1.92 bits per heavy atom. The molecule has 0 aliphatic carbocycles. The minimum absolute atomic E-state index is 0.108. The number of hydrogen-bond donors (Lipinski definition) is 1. The van der Waals surface area contributed by atoms with Crippen LogP contribution in [0.15, 0.2) is 41.8 Å². The number of hydrogen-bond acceptors (Lipinski definition) is 5. The van der Waals surface area contributed by atoms with Crippen LogP contribution in [0.1, 0.15) is 21.3 Å². The van der Waals surface area contributed by atoms with Crippen molar-refractivity contribution in [2.45, 2.75) is 6.04 Å². The van der Waals surface area contributed by atoms with Gasteiger partial charge in [-0.1, -0.05) is 18.2 Å². The second kappa shape index (κ2) is 9.56. The van der Waals surface area contributed by atoms with Crippen LogP contribution in [-0.4, -0.2) is 63.6 Å². The molecule has 1 atom stereocenters. The molecule has 0 fully saturated rings. The summed E-state index contributed by atoms with van der Waals surface area (Å²) in [6, 6.07) is 11.7. The Labute approximate surface area is 154 Å². The van der Waals surface area contributed by atoms with Gasteiger partial charge in [-0.2, -0.15) is 0 Å². The molecule has 136 valence electrons. The van der Waals surface area contributed by atoms with Crippen LogP contribution >= 0.6 is 11.3 Å². The van der Waals surface area contributed by atoms with Gasteiger partial charge < -0.3 is 19.9 Å². The van der Waals surface area contributed by atoms with E-state index in [4.69, 9.17) is 4.74 Å². The third-order valence-electron chi connectivity index (χ3n) is 3.88. The lowest BCUT2D eigenvalue weighted by Crippen LogP contribution is -2.34. The highest BCUT2D eigenvalue weighted by atomic mass is 32.1. The van der Waals surface area contributed by atoms with Crippen molar-refractivity contribution >= 4 is 17.2 Å². The molecule has 6 heteroatoms. The molecule has 1 aromatic heterocycles. The molecule has 5 nitrogen and oxygen atoms in total. The van der Waals surface area contributed by atoms with Crippen LogP contribution in [0.2, 0.25) is 0 Å². The van der Waals surface area contributed by atoms with Gasteiger partial charge in [0.05, 0.1) is 11.6 Å². The Morgan fingerprint density at radius 3 is 2.56 bits per heavy atom. The Morgan fingerprint density at radius 1 is 1.16 bits per heavy atom. The third kappa shape index (κ3) is 5.85. The van der Waals surface area contributed by atoms with Crippen molar-refractivity contribution in [3.63, 3.8) is 0 Å². The Bertz CT molecular complexity index is 656. The number of ether oxygens (including phenoxy) is 1. The first kappa shape index (κ1) is 19.4. The number of carbonyl (C=O) groups is 1. The van der Waals surface area contributed by atoms with Gasteiger partial charge in [-0.05, 0) is 51.8 Å². The molecule has 25 heavy (non-hydrogen) atoms. The number of thiophene rings is 1. The van der Waals surface area contributed by atoms with Crippen molar-refractivity contribution in [2.75, 3.05) is 47.9 Å². The van der Waals surface area contributed by atoms with Crippen molar-refractivity contribution in [2.24, 2.45) is 0 Å². The number of likely N-dealkylation sites (N-methyl/N-ethyl adjacent to an activating group) is 2. The number of carbonyl (C=O) groups excluding carboxylic acids is 1. The molecular formula is C19H27N3O2S. The molecule has 0 saturated carbocycles. The smallest absolute Gasteiger partial charge is 0.255 e. The van der Waals surface area contributed by atoms with E-state index in [1.54, 1.807) is 17.4 Å². The maximum atomic E-state index is 12.6. The zero-order valence-corrected chi connectivity index (χ0v) is 16.2. The molecular weight excluding hydrogens is 334 g/mol. The molecule has 1 amide bonds. The molecule has 1 aromatic carbocycles. The first-order chi connectivity index (χ1) is 12.0. The van der Waals surface area contributed by atoms with Gasteiger partial charge in [0.15, 0.2) is 0 Å². The van der Waals surface area contributed by atoms with E-state index < -0.39 is 0 Å². The normalized spacial score (nSPS) is 12.4. The highest BCUT2D eigenvalue weighted by molar-refractivity contribution is 7.10. The van der Waals surface area contributed by atoms with Crippen LogP contribution in [-0.2, 0) is 0 Å². The van der Waals surface area contributed by atoms with Crippen LogP contribution in [0.4, 0.5) is 0 Å². The van der Waals surface area contributed by atoms with Crippen molar-refractivity contribution < 1.29 is 9.53 Å². The molecule has 0 aliphatic heterocycles. The largest absolute Gasteiger partial charge is 0.491 e. The van der Waals surface area contributed by atoms with Crippen molar-refractivity contribution in [1.29, 1.82) is 0 Å². The number of benzene rings is 1. The van der Waals surface area contributed by atoms with Crippen LogP contribution in [0.5, 0.6) is 5.75 Å². The second-order valence-electron chi connectivity index (χ2n) is 6.35. The maximum absolute atomic E-state index is 12.6. The number of nitrogens with zero attached hydrogens (tertiary/aromatic N) is 2. The lowest BCUT2D eigenvalue weighted by atomic mass is 10.1. The number of nitrogens with one attached hydrogen (secondary N) is 1. The van der Waals surface area contributed by atoms with Crippen LogP contribution in [0.3, 0.4) is 0 Å². The minimum Gasteiger partial charge on any atom is -0.491 e. The Hall–Kier alpha value is -1.89. The topological polar surface area (TPSA) is 44.8 Å². The summed E-state index contributed by atoms with van der Waals surface area (Å²) in [6.07, 6.45) is 0. The van der Waals surface area contributed by atoms with Gasteiger partial charge >= 0.3 is 0 Å². The molecule has 0 radical (unpaired) electrons. The molecule has 0 spiro atoms. The molecule has 1 unspecified atom stereocenters. The predicted molar refractivity (Wildman–Crippen MR) is 104 cm³/mol. The number of para-hydroxylation sites is 1. The number of amides is 1. The summed E-state index contributed by atoms with van der Waals surface area (Å²) in [5.41, 5.74) is 0.574. The van der Waals surface area contributed by atoms with E-state index >= 15 is 0 Å². The summed E-state index contributed by atoms with van der Waals surface area (Å²) in [5.74, 6) is 0.517. The van der Waals surface area contributed by atoms with E-state index in [-0.39, 0.29) is 11.9 Å². The van der Waals surface area contributed by atoms with Gasteiger partial charge in [0.25, 0.3) is 5.91 Å². The maximum Gasteiger partial charge on any atom is 0.255 e. The molecule has 2 aromatic rings. The molecule has 0 bridgehead atoms. The van der Waals surface area contributed by atoms with Gasteiger partial charge in [0.1, 0.15) is 12.4 Å². The molecule has 1 heterocycles. The van der Waals surface area contributed by atoms with E-state index in [1.165, 1.54) is 4.88 Å². The van der Waals surface area contributed by atoms with E-state index in [0.29, 0.717) is 24.5 Å². The van der Waals surface area contributed by atoms with Gasteiger partial charge in [-0.15, -0.1) is 11.3 Å². The third-order valence-corrected chi connectivity index (χ3v) is 4.85. The van der Waals surface area contributed by atoms with Crippen LogP contribution in [0.25, 0.3) is 0 Å². The summed E-state index contributed by atoms with van der Waals surface area (Å²) in [4.78, 5) is 18.0. The van der Waals surface area contributed by atoms with Crippen LogP contribution in [0, 0.1) is 0 Å². The predicted octanol–water partition coefficient (Wildman–Crippen LogP) is 2.72. The second-order valence-corrected chi connectivity index (χ2v) is 7.33. The standard InChI is InChI=1S/C19H27N3O2S/c1-21(2)11-12-24-17-9-6-5-8-15(17)19(23)20-14-16(22(3)4)18-10-7-13-25-18/h5-10,13,16H,11-12,14H2,1-4H3,(H,20,23). The fourth-order valence-electron chi connectivity index (χ4n) is 2.42. The van der Waals surface area contributed by atoms with Gasteiger partial charge in [-0.25, -0.2) is 0 Å². The van der Waals surface area contributed by atoms with Gasteiger partial charge in [-0.3, -0.25) is 4.79 Å². The van der Waals surface area contributed by atoms with E-state index in [0.717, 1.165) is 6.54 Å². The summed E-state index contributed by atoms with van der Waals surface area (Å²) < 4.78 is 5.78. The SMILES string of the molecule is CN(C)CCOc1ccccc1C(=O)NCC(c1cccs1)N(C)C. The monoisotopic (exact) mass is 361 g/mol. The van der Waals surface area contributed by atoms with Crippen LogP contribution < -0.4 is 10.1 Å². The Kier molecular flexibility index (Phi) is 7.43. The molecule has 0 aliphatic rings. The van der Waals surface area contributed by atoms with E-state index in [1.807, 2.05) is 57.4 Å². The molecule has 1 N–H and O–H groups in total. The first-order valence-corrected chi connectivity index (χ1v) is 9.21. The lowest BCUT2D eigenvalue weighted by molar-refractivity contribution is 0.0938. The quantitative estimate of drug-likeness (QED) is 0.746. The van der Waals surface area contributed by atoms with Gasteiger partial charge in [0, 0.05) is 18.0 Å². The highest BCUT2D eigenvalue weighted by Crippen LogP contribution is 2.23. The zero-order valence-electron chi connectivity index (χ0n) is 15.4. The Balaban J connectivity index is 2.00. The van der Waals surface area contributed by atoms with E-state index in [2.05, 4.69) is 21.7 Å².